The molecule has 0 spiro atoms. The molecule has 0 saturated carbocycles. The highest BCUT2D eigenvalue weighted by molar-refractivity contribution is 5.85. The minimum absolute atomic E-state index is 0. The third kappa shape index (κ3) is 6.08. The number of pyridine rings is 1. The second kappa shape index (κ2) is 9.58. The molecule has 1 N–H and O–H groups in total. The fourth-order valence-corrected chi connectivity index (χ4v) is 2.02. The predicted octanol–water partition coefficient (Wildman–Crippen LogP) is 2.47. The Kier molecular flexibility index (Phi) is 7.77. The Morgan fingerprint density at radius 1 is 1.13 bits per heavy atom. The number of esters is 1. The van der Waals surface area contributed by atoms with E-state index in [2.05, 4.69) is 10.3 Å². The second-order valence-electron chi connectivity index (χ2n) is 4.84. The number of nitrogens with zero attached hydrogens (tertiary/aromatic N) is 1. The van der Waals surface area contributed by atoms with Crippen molar-refractivity contribution < 1.29 is 14.3 Å². The summed E-state index contributed by atoms with van der Waals surface area (Å²) >= 11 is 0. The minimum Gasteiger partial charge on any atom is -0.465 e. The van der Waals surface area contributed by atoms with E-state index >= 15 is 0 Å². The van der Waals surface area contributed by atoms with Crippen LogP contribution in [0.15, 0.2) is 54.9 Å². The molecule has 0 bridgehead atoms. The summed E-state index contributed by atoms with van der Waals surface area (Å²) in [4.78, 5) is 27.4. The molecule has 0 fully saturated rings. The molecule has 23 heavy (non-hydrogen) atoms. The molecular formula is C17H19ClN2O3. The summed E-state index contributed by atoms with van der Waals surface area (Å²) in [5.41, 5.74) is 1.78. The Labute approximate surface area is 141 Å². The van der Waals surface area contributed by atoms with Crippen LogP contribution < -0.4 is 5.32 Å². The first kappa shape index (κ1) is 18.6. The Balaban J connectivity index is 0.00000264. The molecular weight excluding hydrogens is 316 g/mol. The maximum atomic E-state index is 12.4. The summed E-state index contributed by atoms with van der Waals surface area (Å²) in [5, 5.41) is 2.86. The summed E-state index contributed by atoms with van der Waals surface area (Å²) < 4.78 is 5.02. The highest BCUT2D eigenvalue weighted by atomic mass is 35.5. The standard InChI is InChI=1S/C17H18N2O3.ClH/c1-13(20)22-12-16(15-5-3-2-4-6-15)17(21)19-11-14-7-9-18-10-8-14;/h2-10,16H,11-12H2,1H3,(H,19,21);1H. The van der Waals surface area contributed by atoms with Crippen LogP contribution in [0.2, 0.25) is 0 Å². The van der Waals surface area contributed by atoms with E-state index in [-0.39, 0.29) is 24.9 Å². The highest BCUT2D eigenvalue weighted by Gasteiger charge is 2.21. The summed E-state index contributed by atoms with van der Waals surface area (Å²) in [7, 11) is 0. The number of halogens is 1. The van der Waals surface area contributed by atoms with Crippen LogP contribution in [0.1, 0.15) is 24.0 Å². The Hall–Kier alpha value is -2.40. The lowest BCUT2D eigenvalue weighted by molar-refractivity contribution is -0.142. The molecule has 0 radical (unpaired) electrons. The molecule has 2 rings (SSSR count). The Bertz CT molecular complexity index is 620. The molecule has 1 amide bonds. The van der Waals surface area contributed by atoms with E-state index in [1.807, 2.05) is 42.5 Å². The number of amides is 1. The molecule has 0 aliphatic rings. The third-order valence-corrected chi connectivity index (χ3v) is 3.19. The van der Waals surface area contributed by atoms with Crippen molar-refractivity contribution in [1.29, 1.82) is 0 Å². The first-order valence-corrected chi connectivity index (χ1v) is 7.01. The van der Waals surface area contributed by atoms with Crippen molar-refractivity contribution in [2.45, 2.75) is 19.4 Å². The van der Waals surface area contributed by atoms with Crippen LogP contribution in [0.3, 0.4) is 0 Å². The van der Waals surface area contributed by atoms with Gasteiger partial charge in [-0.3, -0.25) is 14.6 Å². The average Bonchev–Trinajstić information content (AvgIpc) is 2.55. The zero-order valence-corrected chi connectivity index (χ0v) is 13.6. The molecule has 0 aliphatic heterocycles. The second-order valence-corrected chi connectivity index (χ2v) is 4.84. The van der Waals surface area contributed by atoms with Crippen molar-refractivity contribution in [1.82, 2.24) is 10.3 Å². The maximum Gasteiger partial charge on any atom is 0.302 e. The van der Waals surface area contributed by atoms with Gasteiger partial charge in [-0.2, -0.15) is 0 Å². The maximum absolute atomic E-state index is 12.4. The lowest BCUT2D eigenvalue weighted by Crippen LogP contribution is -2.32. The molecule has 6 heteroatoms. The van der Waals surface area contributed by atoms with Crippen LogP contribution in [-0.4, -0.2) is 23.5 Å². The van der Waals surface area contributed by atoms with E-state index in [0.717, 1.165) is 11.1 Å². The number of carbonyl (C=O) groups is 2. The van der Waals surface area contributed by atoms with Gasteiger partial charge in [0.05, 0.1) is 5.92 Å². The quantitative estimate of drug-likeness (QED) is 0.824. The fraction of sp³-hybridized carbons (Fsp3) is 0.235. The number of hydrogen-bond acceptors (Lipinski definition) is 4. The van der Waals surface area contributed by atoms with Gasteiger partial charge in [0, 0.05) is 25.9 Å². The normalized spacial score (nSPS) is 11.0. The average molecular weight is 335 g/mol. The van der Waals surface area contributed by atoms with E-state index in [1.165, 1.54) is 6.92 Å². The number of aromatic nitrogens is 1. The molecule has 0 saturated heterocycles. The van der Waals surface area contributed by atoms with Gasteiger partial charge >= 0.3 is 5.97 Å². The number of carbonyl (C=O) groups excluding carboxylic acids is 2. The van der Waals surface area contributed by atoms with Crippen LogP contribution in [0.4, 0.5) is 0 Å². The molecule has 1 unspecified atom stereocenters. The largest absolute Gasteiger partial charge is 0.465 e. The molecule has 5 nitrogen and oxygen atoms in total. The van der Waals surface area contributed by atoms with Gasteiger partial charge in [0.15, 0.2) is 0 Å². The van der Waals surface area contributed by atoms with Crippen molar-refractivity contribution in [2.24, 2.45) is 0 Å². The van der Waals surface area contributed by atoms with E-state index in [0.29, 0.717) is 6.54 Å². The molecule has 122 valence electrons. The van der Waals surface area contributed by atoms with Gasteiger partial charge in [-0.15, -0.1) is 12.4 Å². The number of rotatable bonds is 6. The molecule has 1 aromatic heterocycles. The summed E-state index contributed by atoms with van der Waals surface area (Å²) in [5.74, 6) is -1.10. The van der Waals surface area contributed by atoms with Gasteiger partial charge in [0.25, 0.3) is 0 Å². The summed E-state index contributed by atoms with van der Waals surface area (Å²) in [6, 6.07) is 13.0. The fourth-order valence-electron chi connectivity index (χ4n) is 2.02. The minimum atomic E-state index is -0.521. The zero-order valence-electron chi connectivity index (χ0n) is 12.8. The van der Waals surface area contributed by atoms with Gasteiger partial charge in [-0.1, -0.05) is 30.3 Å². The first-order chi connectivity index (χ1) is 10.7. The monoisotopic (exact) mass is 334 g/mol. The van der Waals surface area contributed by atoms with Crippen LogP contribution in [0, 0.1) is 0 Å². The predicted molar refractivity (Wildman–Crippen MR) is 89.1 cm³/mol. The van der Waals surface area contributed by atoms with E-state index < -0.39 is 11.9 Å². The summed E-state index contributed by atoms with van der Waals surface area (Å²) in [6.45, 7) is 1.77. The number of benzene rings is 1. The molecule has 2 aromatic rings. The Morgan fingerprint density at radius 3 is 2.39 bits per heavy atom. The van der Waals surface area contributed by atoms with Crippen molar-refractivity contribution in [2.75, 3.05) is 6.61 Å². The van der Waals surface area contributed by atoms with Crippen LogP contribution in [0.25, 0.3) is 0 Å². The van der Waals surface area contributed by atoms with Gasteiger partial charge < -0.3 is 10.1 Å². The van der Waals surface area contributed by atoms with E-state index in [1.54, 1.807) is 12.4 Å². The lowest BCUT2D eigenvalue weighted by atomic mass is 9.99. The first-order valence-electron chi connectivity index (χ1n) is 7.01. The SMILES string of the molecule is CC(=O)OCC(C(=O)NCc1ccncc1)c1ccccc1.Cl. The van der Waals surface area contributed by atoms with Crippen LogP contribution >= 0.6 is 12.4 Å². The lowest BCUT2D eigenvalue weighted by Gasteiger charge is -2.17. The van der Waals surface area contributed by atoms with Gasteiger partial charge in [-0.05, 0) is 23.3 Å². The van der Waals surface area contributed by atoms with Crippen molar-refractivity contribution in [3.63, 3.8) is 0 Å². The van der Waals surface area contributed by atoms with E-state index in [4.69, 9.17) is 4.74 Å². The smallest absolute Gasteiger partial charge is 0.302 e. The number of hydrogen-bond donors (Lipinski definition) is 1. The van der Waals surface area contributed by atoms with Crippen molar-refractivity contribution in [3.05, 3.63) is 66.0 Å². The molecule has 1 heterocycles. The van der Waals surface area contributed by atoms with Crippen molar-refractivity contribution in [3.8, 4) is 0 Å². The molecule has 0 aliphatic carbocycles. The Morgan fingerprint density at radius 2 is 1.78 bits per heavy atom. The molecule has 1 aromatic carbocycles. The van der Waals surface area contributed by atoms with Gasteiger partial charge in [-0.25, -0.2) is 0 Å². The van der Waals surface area contributed by atoms with Gasteiger partial charge in [0.2, 0.25) is 5.91 Å². The van der Waals surface area contributed by atoms with Crippen LogP contribution in [0.5, 0.6) is 0 Å². The number of nitrogens with one attached hydrogen (secondary N) is 1. The number of ether oxygens (including phenoxy) is 1. The van der Waals surface area contributed by atoms with Crippen LogP contribution in [-0.2, 0) is 20.9 Å². The molecule has 1 atom stereocenters. The topological polar surface area (TPSA) is 68.3 Å². The van der Waals surface area contributed by atoms with Gasteiger partial charge in [0.1, 0.15) is 6.61 Å². The summed E-state index contributed by atoms with van der Waals surface area (Å²) in [6.07, 6.45) is 3.35. The zero-order chi connectivity index (χ0) is 15.8. The van der Waals surface area contributed by atoms with Crippen molar-refractivity contribution >= 4 is 24.3 Å². The third-order valence-electron chi connectivity index (χ3n) is 3.19. The van der Waals surface area contributed by atoms with E-state index in [9.17, 15) is 9.59 Å². The highest BCUT2D eigenvalue weighted by Crippen LogP contribution is 2.16.